The largest absolute Gasteiger partial charge is 0.453 e. The first-order chi connectivity index (χ1) is 13.9. The highest BCUT2D eigenvalue weighted by molar-refractivity contribution is 7.88. The van der Waals surface area contributed by atoms with Crippen LogP contribution in [0, 0.1) is 0 Å². The van der Waals surface area contributed by atoms with E-state index in [0.717, 1.165) is 38.4 Å². The Morgan fingerprint density at radius 3 is 2.45 bits per heavy atom. The van der Waals surface area contributed by atoms with Crippen molar-refractivity contribution in [2.45, 2.75) is 62.6 Å². The Bertz CT molecular complexity index is 763. The number of nitrogens with one attached hydrogen (secondary N) is 1. The smallest absolute Gasteiger partial charge is 0.409 e. The van der Waals surface area contributed by atoms with Gasteiger partial charge in [-0.05, 0) is 50.0 Å². The number of hydrogen-bond acceptors (Lipinski definition) is 5. The molecule has 2 atom stereocenters. The third-order valence-electron chi connectivity index (χ3n) is 6.00. The van der Waals surface area contributed by atoms with Crippen molar-refractivity contribution >= 4 is 16.1 Å². The first kappa shape index (κ1) is 22.1. The summed E-state index contributed by atoms with van der Waals surface area (Å²) in [5.41, 5.74) is 1.38. The monoisotopic (exact) mass is 424 g/mol. The second-order valence-corrected chi connectivity index (χ2v) is 9.87. The lowest BCUT2D eigenvalue weighted by Crippen LogP contribution is -2.59. The summed E-state index contributed by atoms with van der Waals surface area (Å²) >= 11 is 0. The molecule has 0 spiro atoms. The predicted octanol–water partition coefficient (Wildman–Crippen LogP) is 2.88. The summed E-state index contributed by atoms with van der Waals surface area (Å²) < 4.78 is 37.3. The molecule has 29 heavy (non-hydrogen) atoms. The Morgan fingerprint density at radius 1 is 1.14 bits per heavy atom. The van der Waals surface area contributed by atoms with Gasteiger partial charge < -0.3 is 14.4 Å². The lowest BCUT2D eigenvalue weighted by molar-refractivity contribution is -0.0245. The maximum atomic E-state index is 12.2. The van der Waals surface area contributed by atoms with Gasteiger partial charge in [0.25, 0.3) is 0 Å². The zero-order chi connectivity index (χ0) is 20.9. The fourth-order valence-corrected chi connectivity index (χ4v) is 5.37. The van der Waals surface area contributed by atoms with Gasteiger partial charge in [-0.3, -0.25) is 0 Å². The number of nitrogens with zero attached hydrogens (tertiary/aromatic N) is 1. The highest BCUT2D eigenvalue weighted by Crippen LogP contribution is 2.34. The second kappa shape index (κ2) is 9.91. The van der Waals surface area contributed by atoms with Gasteiger partial charge in [0.15, 0.2) is 0 Å². The van der Waals surface area contributed by atoms with E-state index in [1.54, 1.807) is 4.90 Å². The van der Waals surface area contributed by atoms with Gasteiger partial charge in [-0.1, -0.05) is 30.3 Å². The number of methoxy groups -OCH3 is 1. The molecule has 1 aromatic rings. The number of piperidine rings is 1. The van der Waals surface area contributed by atoms with Gasteiger partial charge in [-0.2, -0.15) is 0 Å². The van der Waals surface area contributed by atoms with Crippen LogP contribution in [-0.2, 0) is 19.5 Å². The number of likely N-dealkylation sites (tertiary alicyclic amines) is 1. The maximum absolute atomic E-state index is 12.2. The molecule has 1 aliphatic heterocycles. The molecule has 8 heteroatoms. The van der Waals surface area contributed by atoms with Crippen LogP contribution in [0.3, 0.4) is 0 Å². The molecule has 0 radical (unpaired) electrons. The van der Waals surface area contributed by atoms with Crippen molar-refractivity contribution in [2.75, 3.05) is 26.5 Å². The quantitative estimate of drug-likeness (QED) is 0.759. The van der Waals surface area contributed by atoms with Crippen LogP contribution in [0.5, 0.6) is 0 Å². The van der Waals surface area contributed by atoms with Gasteiger partial charge in [0.2, 0.25) is 10.0 Å². The van der Waals surface area contributed by atoms with E-state index < -0.39 is 16.1 Å². The van der Waals surface area contributed by atoms with Crippen LogP contribution >= 0.6 is 0 Å². The molecule has 2 aliphatic rings. The zero-order valence-corrected chi connectivity index (χ0v) is 18.1. The Labute approximate surface area is 173 Å². The van der Waals surface area contributed by atoms with E-state index in [0.29, 0.717) is 25.5 Å². The van der Waals surface area contributed by atoms with Gasteiger partial charge in [-0.15, -0.1) is 0 Å². The number of benzene rings is 1. The van der Waals surface area contributed by atoms with Crippen LogP contribution in [0.15, 0.2) is 30.3 Å². The molecule has 1 N–H and O–H groups in total. The summed E-state index contributed by atoms with van der Waals surface area (Å²) in [5, 5.41) is 0. The Morgan fingerprint density at radius 2 is 1.83 bits per heavy atom. The van der Waals surface area contributed by atoms with Crippen molar-refractivity contribution < 1.29 is 22.7 Å². The minimum absolute atomic E-state index is 0.135. The molecule has 0 bridgehead atoms. The average molecular weight is 425 g/mol. The van der Waals surface area contributed by atoms with E-state index in [4.69, 9.17) is 9.47 Å². The number of amides is 1. The molecule has 1 saturated carbocycles. The van der Waals surface area contributed by atoms with Crippen LogP contribution in [0.25, 0.3) is 0 Å². The van der Waals surface area contributed by atoms with Gasteiger partial charge in [-0.25, -0.2) is 17.9 Å². The zero-order valence-electron chi connectivity index (χ0n) is 17.2. The molecule has 0 aromatic heterocycles. The first-order valence-corrected chi connectivity index (χ1v) is 12.2. The summed E-state index contributed by atoms with van der Waals surface area (Å²) in [7, 11) is -2.03. The number of hydrogen-bond donors (Lipinski definition) is 1. The molecule has 1 aromatic carbocycles. The molecule has 2 unspecified atom stereocenters. The normalized spacial score (nSPS) is 28.1. The predicted molar refractivity (Wildman–Crippen MR) is 111 cm³/mol. The van der Waals surface area contributed by atoms with Crippen molar-refractivity contribution in [2.24, 2.45) is 0 Å². The molecular formula is C21H32N2O5S. The minimum atomic E-state index is -3.38. The number of sulfonamides is 1. The summed E-state index contributed by atoms with van der Waals surface area (Å²) in [6.45, 7) is 0.854. The molecular weight excluding hydrogens is 392 g/mol. The Hall–Kier alpha value is -1.64. The van der Waals surface area contributed by atoms with Crippen LogP contribution < -0.4 is 4.72 Å². The lowest BCUT2D eigenvalue weighted by Gasteiger charge is -2.41. The average Bonchev–Trinajstić information content (AvgIpc) is 2.72. The minimum Gasteiger partial charge on any atom is -0.453 e. The summed E-state index contributed by atoms with van der Waals surface area (Å²) in [5.74, 6) is 0.567. The van der Waals surface area contributed by atoms with Crippen molar-refractivity contribution in [3.05, 3.63) is 35.9 Å². The molecule has 7 nitrogen and oxygen atoms in total. The Balaban J connectivity index is 1.58. The molecule has 1 aliphatic carbocycles. The molecule has 1 saturated heterocycles. The van der Waals surface area contributed by atoms with E-state index in [9.17, 15) is 13.2 Å². The van der Waals surface area contributed by atoms with Gasteiger partial charge in [0.1, 0.15) is 0 Å². The van der Waals surface area contributed by atoms with Crippen molar-refractivity contribution in [3.63, 3.8) is 0 Å². The lowest BCUT2D eigenvalue weighted by atomic mass is 9.83. The molecule has 162 valence electrons. The molecule has 3 rings (SSSR count). The van der Waals surface area contributed by atoms with E-state index in [1.807, 2.05) is 6.07 Å². The standard InChI is InChI=1S/C21H32N2O5S/c1-27-21(24)23-14-6-9-19(22-29(2,25)26)20(23)15-28-18-12-10-17(11-13-18)16-7-4-3-5-8-16/h3-5,7-8,17-20,22H,6,9-15H2,1-2H3. The van der Waals surface area contributed by atoms with Crippen LogP contribution in [0.2, 0.25) is 0 Å². The molecule has 2 fully saturated rings. The first-order valence-electron chi connectivity index (χ1n) is 10.4. The van der Waals surface area contributed by atoms with Gasteiger partial charge in [0.05, 0.1) is 32.1 Å². The highest BCUT2D eigenvalue weighted by Gasteiger charge is 2.37. The number of rotatable bonds is 6. The maximum Gasteiger partial charge on any atom is 0.409 e. The van der Waals surface area contributed by atoms with Crippen molar-refractivity contribution in [1.82, 2.24) is 9.62 Å². The topological polar surface area (TPSA) is 84.9 Å². The molecule has 1 heterocycles. The Kier molecular flexibility index (Phi) is 7.54. The summed E-state index contributed by atoms with van der Waals surface area (Å²) in [6, 6.07) is 9.84. The summed E-state index contributed by atoms with van der Waals surface area (Å²) in [4.78, 5) is 13.8. The number of carbonyl (C=O) groups excluding carboxylic acids is 1. The van der Waals surface area contributed by atoms with E-state index in [1.165, 1.54) is 12.7 Å². The highest BCUT2D eigenvalue weighted by atomic mass is 32.2. The van der Waals surface area contributed by atoms with Crippen molar-refractivity contribution in [1.29, 1.82) is 0 Å². The van der Waals surface area contributed by atoms with E-state index in [-0.39, 0.29) is 18.2 Å². The van der Waals surface area contributed by atoms with Crippen LogP contribution in [-0.4, -0.2) is 64.1 Å². The van der Waals surface area contributed by atoms with Gasteiger partial charge >= 0.3 is 6.09 Å². The van der Waals surface area contributed by atoms with E-state index in [2.05, 4.69) is 29.0 Å². The number of ether oxygens (including phenoxy) is 2. The number of carbonyl (C=O) groups is 1. The third kappa shape index (κ3) is 6.17. The fraction of sp³-hybridized carbons (Fsp3) is 0.667. The second-order valence-electron chi connectivity index (χ2n) is 8.09. The molecule has 1 amide bonds. The van der Waals surface area contributed by atoms with Crippen molar-refractivity contribution in [3.8, 4) is 0 Å². The van der Waals surface area contributed by atoms with Gasteiger partial charge in [0, 0.05) is 12.6 Å². The summed E-state index contributed by atoms with van der Waals surface area (Å²) in [6.07, 6.45) is 6.32. The SMILES string of the molecule is COC(=O)N1CCCC(NS(C)(=O)=O)C1COC1CCC(c2ccccc2)CC1. The van der Waals surface area contributed by atoms with Crippen LogP contribution in [0.4, 0.5) is 4.79 Å². The fourth-order valence-electron chi connectivity index (χ4n) is 4.54. The van der Waals surface area contributed by atoms with E-state index >= 15 is 0 Å². The third-order valence-corrected chi connectivity index (χ3v) is 6.73. The van der Waals surface area contributed by atoms with Crippen LogP contribution in [0.1, 0.15) is 50.0 Å².